The van der Waals surface area contributed by atoms with Crippen LogP contribution in [-0.4, -0.2) is 43.3 Å². The number of nitrogens with zero attached hydrogens (tertiary/aromatic N) is 3. The Labute approximate surface area is 262 Å². The zero-order chi connectivity index (χ0) is 30.7. The molecule has 44 heavy (non-hydrogen) atoms. The first kappa shape index (κ1) is 30.1. The fraction of sp³-hybridized carbons (Fsp3) is 0.303. The van der Waals surface area contributed by atoms with Gasteiger partial charge in [0.25, 0.3) is 5.91 Å². The van der Waals surface area contributed by atoms with E-state index in [1.807, 2.05) is 22.9 Å². The highest BCUT2D eigenvalue weighted by molar-refractivity contribution is 8.18. The quantitative estimate of drug-likeness (QED) is 0.321. The maximum absolute atomic E-state index is 12.6. The number of benzene rings is 3. The third-order valence-corrected chi connectivity index (χ3v) is 10.5. The van der Waals surface area contributed by atoms with Crippen LogP contribution in [0.4, 0.5) is 11.4 Å². The van der Waals surface area contributed by atoms with Gasteiger partial charge in [0.15, 0.2) is 5.17 Å². The zero-order valence-corrected chi connectivity index (χ0v) is 26.2. The molecule has 228 valence electrons. The van der Waals surface area contributed by atoms with E-state index in [9.17, 15) is 18.0 Å². The Kier molecular flexibility index (Phi) is 8.88. The van der Waals surface area contributed by atoms with Gasteiger partial charge in [0, 0.05) is 25.8 Å². The Balaban J connectivity index is 1.04. The van der Waals surface area contributed by atoms with Gasteiger partial charge in [-0.25, -0.2) is 9.71 Å². The molecule has 3 aromatic rings. The number of amidine groups is 1. The fourth-order valence-electron chi connectivity index (χ4n) is 5.78. The van der Waals surface area contributed by atoms with Gasteiger partial charge in [0.1, 0.15) is 0 Å². The maximum Gasteiger partial charge on any atom is 0.304 e. The van der Waals surface area contributed by atoms with Crippen LogP contribution in [0.15, 0.2) is 82.7 Å². The summed E-state index contributed by atoms with van der Waals surface area (Å²) in [6, 6.07) is 24.3. The smallest absolute Gasteiger partial charge is 0.304 e. The number of nitrogens with one attached hydrogen (secondary N) is 2. The van der Waals surface area contributed by atoms with E-state index < -0.39 is 16.1 Å². The molecule has 2 heterocycles. The van der Waals surface area contributed by atoms with Crippen molar-refractivity contribution in [2.75, 3.05) is 18.5 Å². The molecule has 2 aliphatic heterocycles. The molecular weight excluding hydrogens is 595 g/mol. The molecule has 3 aliphatic rings. The highest BCUT2D eigenvalue weighted by atomic mass is 32.2. The van der Waals surface area contributed by atoms with Crippen molar-refractivity contribution in [3.8, 4) is 0 Å². The van der Waals surface area contributed by atoms with E-state index >= 15 is 0 Å². The minimum absolute atomic E-state index is 0.0817. The molecular formula is C33H35N5O4S2. The summed E-state index contributed by atoms with van der Waals surface area (Å²) in [4.78, 5) is 31.4. The summed E-state index contributed by atoms with van der Waals surface area (Å²) in [5, 5.41) is 3.28. The van der Waals surface area contributed by atoms with Crippen LogP contribution in [0.5, 0.6) is 0 Å². The van der Waals surface area contributed by atoms with Crippen LogP contribution in [-0.2, 0) is 32.9 Å². The molecule has 0 bridgehead atoms. The van der Waals surface area contributed by atoms with Crippen LogP contribution in [0.1, 0.15) is 60.3 Å². The lowest BCUT2D eigenvalue weighted by molar-refractivity contribution is -0.118. The fourth-order valence-corrected chi connectivity index (χ4v) is 7.71. The molecule has 2 saturated heterocycles. The molecule has 9 nitrogen and oxygen atoms in total. The monoisotopic (exact) mass is 629 g/mol. The van der Waals surface area contributed by atoms with Gasteiger partial charge < -0.3 is 10.2 Å². The Hall–Kier alpha value is -3.93. The summed E-state index contributed by atoms with van der Waals surface area (Å²) in [6.07, 6.45) is 8.53. The second-order valence-electron chi connectivity index (χ2n) is 11.5. The number of thioether (sulfide) groups is 1. The Morgan fingerprint density at radius 1 is 0.932 bits per heavy atom. The number of carbonyl (C=O) groups is 2. The van der Waals surface area contributed by atoms with Gasteiger partial charge in [-0.2, -0.15) is 12.7 Å². The van der Waals surface area contributed by atoms with Gasteiger partial charge >= 0.3 is 10.2 Å². The number of anilines is 1. The highest BCUT2D eigenvalue weighted by Crippen LogP contribution is 2.33. The second kappa shape index (κ2) is 13.0. The molecule has 11 heteroatoms. The largest absolute Gasteiger partial charge is 0.370 e. The molecule has 0 radical (unpaired) electrons. The molecule has 0 aromatic heterocycles. The summed E-state index contributed by atoms with van der Waals surface area (Å²) in [5.74, 6) is -0.0341. The van der Waals surface area contributed by atoms with E-state index in [1.54, 1.807) is 24.3 Å². The Morgan fingerprint density at radius 2 is 1.61 bits per heavy atom. The molecule has 2 N–H and O–H groups in total. The van der Waals surface area contributed by atoms with Crippen LogP contribution in [0.2, 0.25) is 0 Å². The summed E-state index contributed by atoms with van der Waals surface area (Å²) < 4.78 is 27.0. The van der Waals surface area contributed by atoms with E-state index in [4.69, 9.17) is 0 Å². The molecule has 2 amide bonds. The van der Waals surface area contributed by atoms with Gasteiger partial charge in [0.05, 0.1) is 17.1 Å². The molecule has 0 unspecified atom stereocenters. The molecule has 0 atom stereocenters. The van der Waals surface area contributed by atoms with Crippen LogP contribution < -0.4 is 14.9 Å². The predicted molar refractivity (Wildman–Crippen MR) is 176 cm³/mol. The molecule has 0 spiro atoms. The number of rotatable bonds is 8. The lowest BCUT2D eigenvalue weighted by Crippen LogP contribution is -2.29. The van der Waals surface area contributed by atoms with Crippen LogP contribution >= 0.6 is 11.8 Å². The molecule has 1 saturated carbocycles. The summed E-state index contributed by atoms with van der Waals surface area (Å²) in [6.45, 7) is 0.704. The van der Waals surface area contributed by atoms with E-state index in [2.05, 4.69) is 58.7 Å². The Morgan fingerprint density at radius 3 is 2.27 bits per heavy atom. The van der Waals surface area contributed by atoms with Crippen LogP contribution in [0.25, 0.3) is 6.08 Å². The second-order valence-corrected chi connectivity index (χ2v) is 14.2. The van der Waals surface area contributed by atoms with Gasteiger partial charge in [-0.15, -0.1) is 0 Å². The van der Waals surface area contributed by atoms with Crippen molar-refractivity contribution in [1.29, 1.82) is 0 Å². The van der Waals surface area contributed by atoms with Gasteiger partial charge in [-0.3, -0.25) is 9.59 Å². The number of carbonyl (C=O) groups excluding carboxylic acids is 2. The molecule has 6 rings (SSSR count). The van der Waals surface area contributed by atoms with Crippen LogP contribution in [0.3, 0.4) is 0 Å². The van der Waals surface area contributed by atoms with Crippen molar-refractivity contribution >= 4 is 56.4 Å². The maximum atomic E-state index is 12.6. The molecule has 1 aliphatic carbocycles. The van der Waals surface area contributed by atoms with Gasteiger partial charge in [-0.05, 0) is 83.1 Å². The van der Waals surface area contributed by atoms with E-state index in [0.717, 1.165) is 27.7 Å². The molecule has 3 aromatic carbocycles. The van der Waals surface area contributed by atoms with Crippen LogP contribution in [0, 0.1) is 0 Å². The van der Waals surface area contributed by atoms with Crippen molar-refractivity contribution in [3.63, 3.8) is 0 Å². The first-order valence-electron chi connectivity index (χ1n) is 14.8. The SMILES string of the molecule is CN(Cc1ccc(C2CCCCC2)cc1)c1ccc(/C=C2/SC(=Nc3ccc(CN4CC(=O)NS4(=O)=O)cc3)NC2=O)cc1. The van der Waals surface area contributed by atoms with E-state index in [0.29, 0.717) is 21.7 Å². The topological polar surface area (TPSA) is 111 Å². The number of hydrogen-bond donors (Lipinski definition) is 2. The van der Waals surface area contributed by atoms with E-state index in [-0.39, 0.29) is 19.0 Å². The van der Waals surface area contributed by atoms with E-state index in [1.165, 1.54) is 55.0 Å². The van der Waals surface area contributed by atoms with Crippen molar-refractivity contribution in [2.45, 2.75) is 51.1 Å². The number of amides is 2. The first-order chi connectivity index (χ1) is 21.2. The normalized spacial score (nSPS) is 20.7. The van der Waals surface area contributed by atoms with Crippen molar-refractivity contribution in [2.24, 2.45) is 4.99 Å². The minimum atomic E-state index is -3.78. The van der Waals surface area contributed by atoms with Gasteiger partial charge in [-0.1, -0.05) is 67.8 Å². The standard InChI is InChI=1S/C33H35N5O4S2/c1-37(20-24-7-13-27(14-8-24)26-5-3-2-4-6-26)29-17-11-23(12-18-29)19-30-32(40)35-33(43-30)34-28-15-9-25(10-16-28)21-38-22-31(39)36-44(38,41)42/h7-19,26H,2-6,20-22H2,1H3,(H,36,39)(H,34,35,40)/b30-19+. The third kappa shape index (κ3) is 7.23. The summed E-state index contributed by atoms with van der Waals surface area (Å²) in [7, 11) is -1.69. The third-order valence-electron chi connectivity index (χ3n) is 8.19. The first-order valence-corrected chi connectivity index (χ1v) is 17.1. The zero-order valence-electron chi connectivity index (χ0n) is 24.5. The lowest BCUT2D eigenvalue weighted by atomic mass is 9.84. The van der Waals surface area contributed by atoms with Crippen molar-refractivity contribution < 1.29 is 18.0 Å². The van der Waals surface area contributed by atoms with Crippen molar-refractivity contribution in [1.82, 2.24) is 14.3 Å². The number of hydrogen-bond acceptors (Lipinski definition) is 7. The summed E-state index contributed by atoms with van der Waals surface area (Å²) >= 11 is 1.27. The lowest BCUT2D eigenvalue weighted by Gasteiger charge is -2.23. The van der Waals surface area contributed by atoms with Gasteiger partial charge in [0.2, 0.25) is 5.91 Å². The minimum Gasteiger partial charge on any atom is -0.370 e. The molecule has 3 fully saturated rings. The predicted octanol–water partition coefficient (Wildman–Crippen LogP) is 5.44. The average Bonchev–Trinajstić information content (AvgIpc) is 3.49. The van der Waals surface area contributed by atoms with Crippen molar-refractivity contribution in [3.05, 3.63) is 100.0 Å². The number of aliphatic imine (C=N–C) groups is 1. The highest BCUT2D eigenvalue weighted by Gasteiger charge is 2.33. The Bertz CT molecular complexity index is 1700. The summed E-state index contributed by atoms with van der Waals surface area (Å²) in [5.41, 5.74) is 6.12. The average molecular weight is 630 g/mol.